The number of amides is 1. The number of halogens is 4. The average Bonchev–Trinajstić information content (AvgIpc) is 3.44. The van der Waals surface area contributed by atoms with Gasteiger partial charge < -0.3 is 14.9 Å². The molecule has 0 aliphatic rings. The van der Waals surface area contributed by atoms with Crippen molar-refractivity contribution in [3.8, 4) is 11.3 Å². The number of benzene rings is 1. The second kappa shape index (κ2) is 10.7. The molecule has 0 unspecified atom stereocenters. The number of carbonyl (C=O) groups excluding carboxylic acids is 1. The first kappa shape index (κ1) is 27.8. The standard InChI is InChI=1S/C21H21BrN6O2.C2HF3O2/c1-12-7-13(17-16-8-15(22)10-28(16)25-11-24-17)5-6-14(12)9-23-19(29)18-26-20(30-27-18)21(2,3)4;3-2(4,5)1(6)7/h5-8,10-11H,9H2,1-4H3,(H,23,29);(H,6,7). The lowest BCUT2D eigenvalue weighted by Crippen LogP contribution is -2.24. The van der Waals surface area contributed by atoms with E-state index in [1.54, 1.807) is 4.52 Å². The monoisotopic (exact) mass is 582 g/mol. The van der Waals surface area contributed by atoms with Gasteiger partial charge in [-0.05, 0) is 46.1 Å². The van der Waals surface area contributed by atoms with Crippen molar-refractivity contribution in [2.45, 2.75) is 45.8 Å². The number of rotatable bonds is 4. The second-order valence-corrected chi connectivity index (χ2v) is 9.81. The highest BCUT2D eigenvalue weighted by Gasteiger charge is 2.38. The first-order chi connectivity index (χ1) is 17.2. The van der Waals surface area contributed by atoms with E-state index in [0.29, 0.717) is 12.4 Å². The summed E-state index contributed by atoms with van der Waals surface area (Å²) in [4.78, 5) is 29.9. The number of carbonyl (C=O) groups is 2. The van der Waals surface area contributed by atoms with Crippen molar-refractivity contribution in [1.82, 2.24) is 30.1 Å². The van der Waals surface area contributed by atoms with Crippen LogP contribution in [-0.4, -0.2) is 47.9 Å². The van der Waals surface area contributed by atoms with Crippen LogP contribution in [0, 0.1) is 6.92 Å². The molecule has 3 heterocycles. The van der Waals surface area contributed by atoms with Crippen LogP contribution in [0.15, 0.2) is 45.8 Å². The van der Waals surface area contributed by atoms with Crippen LogP contribution < -0.4 is 5.32 Å². The Hall–Kier alpha value is -3.81. The summed E-state index contributed by atoms with van der Waals surface area (Å²) < 4.78 is 39.6. The molecule has 0 radical (unpaired) electrons. The zero-order chi connectivity index (χ0) is 27.5. The number of carboxylic acids is 1. The Labute approximate surface area is 217 Å². The maximum absolute atomic E-state index is 12.4. The predicted octanol–water partition coefficient (Wildman–Crippen LogP) is 4.71. The van der Waals surface area contributed by atoms with E-state index in [9.17, 15) is 18.0 Å². The lowest BCUT2D eigenvalue weighted by Gasteiger charge is -2.10. The summed E-state index contributed by atoms with van der Waals surface area (Å²) in [5, 5.41) is 18.0. The molecule has 0 fully saturated rings. The number of alkyl halides is 3. The molecule has 0 saturated carbocycles. The molecule has 37 heavy (non-hydrogen) atoms. The van der Waals surface area contributed by atoms with Gasteiger partial charge in [-0.3, -0.25) is 4.79 Å². The Balaban J connectivity index is 0.000000479. The largest absolute Gasteiger partial charge is 0.490 e. The fraction of sp³-hybridized carbons (Fsp3) is 0.304. The molecular formula is C23H22BrF3N6O4. The summed E-state index contributed by atoms with van der Waals surface area (Å²) in [7, 11) is 0. The van der Waals surface area contributed by atoms with Crippen LogP contribution in [-0.2, 0) is 16.8 Å². The summed E-state index contributed by atoms with van der Waals surface area (Å²) in [6.07, 6.45) is -1.66. The quantitative estimate of drug-likeness (QED) is 0.353. The van der Waals surface area contributed by atoms with Crippen LogP contribution in [0.1, 0.15) is 48.4 Å². The fourth-order valence-electron chi connectivity index (χ4n) is 3.04. The number of hydrogen-bond donors (Lipinski definition) is 2. The molecule has 0 bridgehead atoms. The zero-order valence-corrected chi connectivity index (χ0v) is 21.7. The normalized spacial score (nSPS) is 11.7. The molecule has 0 aliphatic heterocycles. The molecule has 0 saturated heterocycles. The minimum absolute atomic E-state index is 0.0383. The molecule has 1 aromatic carbocycles. The maximum atomic E-state index is 12.4. The van der Waals surface area contributed by atoms with Gasteiger partial charge in [-0.25, -0.2) is 14.3 Å². The van der Waals surface area contributed by atoms with Gasteiger partial charge in [0.1, 0.15) is 6.33 Å². The van der Waals surface area contributed by atoms with Gasteiger partial charge in [0.15, 0.2) is 0 Å². The minimum atomic E-state index is -5.08. The summed E-state index contributed by atoms with van der Waals surface area (Å²) >= 11 is 3.48. The number of aliphatic carboxylic acids is 1. The second-order valence-electron chi connectivity index (χ2n) is 8.90. The van der Waals surface area contributed by atoms with Crippen LogP contribution in [0.3, 0.4) is 0 Å². The number of carboxylic acid groups (broad SMARTS) is 1. The molecule has 4 aromatic rings. The molecule has 2 N–H and O–H groups in total. The van der Waals surface area contributed by atoms with Crippen molar-refractivity contribution in [3.05, 3.63) is 64.1 Å². The van der Waals surface area contributed by atoms with E-state index in [1.165, 1.54) is 6.33 Å². The predicted molar refractivity (Wildman–Crippen MR) is 129 cm³/mol. The zero-order valence-electron chi connectivity index (χ0n) is 20.1. The smallest absolute Gasteiger partial charge is 0.475 e. The van der Waals surface area contributed by atoms with Crippen LogP contribution in [0.5, 0.6) is 0 Å². The van der Waals surface area contributed by atoms with E-state index >= 15 is 0 Å². The van der Waals surface area contributed by atoms with Gasteiger partial charge in [-0.1, -0.05) is 38.1 Å². The lowest BCUT2D eigenvalue weighted by molar-refractivity contribution is -0.192. The van der Waals surface area contributed by atoms with Gasteiger partial charge in [0.25, 0.3) is 11.7 Å². The third-order valence-corrected chi connectivity index (χ3v) is 5.37. The summed E-state index contributed by atoms with van der Waals surface area (Å²) in [5.41, 5.74) is 4.47. The lowest BCUT2D eigenvalue weighted by atomic mass is 9.97. The summed E-state index contributed by atoms with van der Waals surface area (Å²) in [5.74, 6) is -2.65. The molecule has 0 aliphatic carbocycles. The van der Waals surface area contributed by atoms with Crippen molar-refractivity contribution in [2.75, 3.05) is 0 Å². The number of aryl methyl sites for hydroxylation is 1. The highest BCUT2D eigenvalue weighted by molar-refractivity contribution is 9.10. The van der Waals surface area contributed by atoms with Crippen LogP contribution >= 0.6 is 15.9 Å². The van der Waals surface area contributed by atoms with Crippen LogP contribution in [0.25, 0.3) is 16.8 Å². The van der Waals surface area contributed by atoms with E-state index in [1.807, 2.05) is 52.1 Å². The average molecular weight is 583 g/mol. The Morgan fingerprint density at radius 1 is 1.19 bits per heavy atom. The summed E-state index contributed by atoms with van der Waals surface area (Å²) in [6.45, 7) is 8.21. The van der Waals surface area contributed by atoms with Gasteiger partial charge in [0.05, 0.1) is 11.2 Å². The van der Waals surface area contributed by atoms with E-state index in [-0.39, 0.29) is 17.1 Å². The van der Waals surface area contributed by atoms with Gasteiger partial charge >= 0.3 is 12.1 Å². The van der Waals surface area contributed by atoms with Crippen molar-refractivity contribution < 1.29 is 32.4 Å². The number of nitrogens with zero attached hydrogens (tertiary/aromatic N) is 5. The third kappa shape index (κ3) is 6.90. The first-order valence-corrected chi connectivity index (χ1v) is 11.5. The Bertz CT molecular complexity index is 1440. The molecule has 14 heteroatoms. The molecule has 0 atom stereocenters. The molecule has 10 nitrogen and oxygen atoms in total. The van der Waals surface area contributed by atoms with Crippen molar-refractivity contribution in [1.29, 1.82) is 0 Å². The fourth-order valence-corrected chi connectivity index (χ4v) is 3.45. The molecular weight excluding hydrogens is 561 g/mol. The van der Waals surface area contributed by atoms with E-state index in [2.05, 4.69) is 47.5 Å². The molecule has 4 rings (SSSR count). The van der Waals surface area contributed by atoms with Crippen molar-refractivity contribution in [3.63, 3.8) is 0 Å². The number of aromatic nitrogens is 5. The first-order valence-electron chi connectivity index (χ1n) is 10.7. The van der Waals surface area contributed by atoms with Gasteiger partial charge in [0.2, 0.25) is 5.89 Å². The minimum Gasteiger partial charge on any atom is -0.475 e. The van der Waals surface area contributed by atoms with Crippen LogP contribution in [0.4, 0.5) is 13.2 Å². The number of fused-ring (bicyclic) bond motifs is 1. The van der Waals surface area contributed by atoms with Gasteiger partial charge in [-0.15, -0.1) is 0 Å². The van der Waals surface area contributed by atoms with E-state index < -0.39 is 12.1 Å². The van der Waals surface area contributed by atoms with Gasteiger partial charge in [0, 0.05) is 28.2 Å². The van der Waals surface area contributed by atoms with Crippen LogP contribution in [0.2, 0.25) is 0 Å². The van der Waals surface area contributed by atoms with Crippen molar-refractivity contribution >= 4 is 33.3 Å². The van der Waals surface area contributed by atoms with E-state index in [0.717, 1.165) is 32.4 Å². The topological polar surface area (TPSA) is 136 Å². The molecule has 3 aromatic heterocycles. The number of nitrogens with one attached hydrogen (secondary N) is 1. The number of hydrogen-bond acceptors (Lipinski definition) is 7. The van der Waals surface area contributed by atoms with Gasteiger partial charge in [-0.2, -0.15) is 23.3 Å². The Kier molecular flexibility index (Phi) is 8.00. The highest BCUT2D eigenvalue weighted by Crippen LogP contribution is 2.27. The molecule has 196 valence electrons. The highest BCUT2D eigenvalue weighted by atomic mass is 79.9. The molecule has 1 amide bonds. The summed E-state index contributed by atoms with van der Waals surface area (Å²) in [6, 6.07) is 8.01. The Morgan fingerprint density at radius 3 is 2.43 bits per heavy atom. The SMILES string of the molecule is Cc1cc(-c2ncnn3cc(Br)cc23)ccc1CNC(=O)c1noc(C(C)(C)C)n1.O=C(O)C(F)(F)F. The van der Waals surface area contributed by atoms with E-state index in [4.69, 9.17) is 14.4 Å². The maximum Gasteiger partial charge on any atom is 0.490 e. The molecule has 0 spiro atoms. The third-order valence-electron chi connectivity index (χ3n) is 4.94. The van der Waals surface area contributed by atoms with Crippen molar-refractivity contribution in [2.24, 2.45) is 0 Å². The Morgan fingerprint density at radius 2 is 1.86 bits per heavy atom.